The van der Waals surface area contributed by atoms with Crippen molar-refractivity contribution >= 4 is 17.0 Å². The highest BCUT2D eigenvalue weighted by atomic mass is 32.1. The van der Waals surface area contributed by atoms with E-state index in [1.807, 2.05) is 0 Å². The monoisotopic (exact) mass is 386 g/mol. The van der Waals surface area contributed by atoms with Crippen LogP contribution in [0.3, 0.4) is 0 Å². The maximum Gasteiger partial charge on any atom is 0.427 e. The van der Waals surface area contributed by atoms with Gasteiger partial charge in [0.15, 0.2) is 0 Å². The van der Waals surface area contributed by atoms with Crippen molar-refractivity contribution in [3.8, 4) is 11.3 Å². The molecule has 0 aliphatic heterocycles. The standard InChI is InChI=1S/C15H13F7N2S/c1-3-24(4-2)12-9(14(17,18)19)5-8(6-10(12)16)11-13(15(20,21)22)25-7-23-11/h5-7H,3-4H2,1-2H3. The van der Waals surface area contributed by atoms with Gasteiger partial charge in [0, 0.05) is 18.7 Å². The van der Waals surface area contributed by atoms with E-state index in [0.29, 0.717) is 12.1 Å². The van der Waals surface area contributed by atoms with Crippen LogP contribution in [-0.4, -0.2) is 18.1 Å². The molecule has 10 heteroatoms. The van der Waals surface area contributed by atoms with Gasteiger partial charge in [-0.15, -0.1) is 11.3 Å². The minimum Gasteiger partial charge on any atom is -0.369 e. The molecule has 0 saturated carbocycles. The molecule has 0 spiro atoms. The van der Waals surface area contributed by atoms with Gasteiger partial charge in [0.2, 0.25) is 0 Å². The van der Waals surface area contributed by atoms with Gasteiger partial charge in [0.1, 0.15) is 10.7 Å². The zero-order chi connectivity index (χ0) is 19.0. The van der Waals surface area contributed by atoms with Crippen LogP contribution >= 0.6 is 11.3 Å². The second-order valence-electron chi connectivity index (χ2n) is 5.05. The zero-order valence-corrected chi connectivity index (χ0v) is 13.9. The van der Waals surface area contributed by atoms with Crippen molar-refractivity contribution in [1.29, 1.82) is 0 Å². The van der Waals surface area contributed by atoms with E-state index in [0.717, 1.165) is 10.4 Å². The molecule has 1 aromatic heterocycles. The van der Waals surface area contributed by atoms with Gasteiger partial charge in [-0.2, -0.15) is 26.3 Å². The third-order valence-corrected chi connectivity index (χ3v) is 4.42. The van der Waals surface area contributed by atoms with Gasteiger partial charge in [-0.3, -0.25) is 0 Å². The number of alkyl halides is 6. The third kappa shape index (κ3) is 3.88. The van der Waals surface area contributed by atoms with Gasteiger partial charge >= 0.3 is 12.4 Å². The summed E-state index contributed by atoms with van der Waals surface area (Å²) in [7, 11) is 0. The van der Waals surface area contributed by atoms with Crippen LogP contribution in [0.15, 0.2) is 17.6 Å². The highest BCUT2D eigenvalue weighted by molar-refractivity contribution is 7.10. The molecule has 2 nitrogen and oxygen atoms in total. The molecule has 0 unspecified atom stereocenters. The van der Waals surface area contributed by atoms with Gasteiger partial charge < -0.3 is 4.90 Å². The summed E-state index contributed by atoms with van der Waals surface area (Å²) in [5, 5.41) is 0. The Balaban J connectivity index is 2.73. The Morgan fingerprint density at radius 2 is 1.60 bits per heavy atom. The second-order valence-corrected chi connectivity index (χ2v) is 5.91. The zero-order valence-electron chi connectivity index (χ0n) is 13.1. The van der Waals surface area contributed by atoms with E-state index in [9.17, 15) is 30.7 Å². The van der Waals surface area contributed by atoms with Crippen LogP contribution in [0, 0.1) is 5.82 Å². The van der Waals surface area contributed by atoms with Gasteiger partial charge in [-0.25, -0.2) is 9.37 Å². The fourth-order valence-electron chi connectivity index (χ4n) is 2.47. The Morgan fingerprint density at radius 1 is 1.00 bits per heavy atom. The molecule has 2 rings (SSSR count). The molecular formula is C15H13F7N2S. The molecule has 0 N–H and O–H groups in total. The predicted octanol–water partition coefficient (Wildman–Crippen LogP) is 5.83. The van der Waals surface area contributed by atoms with Crippen molar-refractivity contribution in [3.05, 3.63) is 33.9 Å². The number of aromatic nitrogens is 1. The molecule has 0 fully saturated rings. The first kappa shape index (κ1) is 19.5. The lowest BCUT2D eigenvalue weighted by Gasteiger charge is -2.26. The topological polar surface area (TPSA) is 16.1 Å². The summed E-state index contributed by atoms with van der Waals surface area (Å²) in [4.78, 5) is 3.47. The summed E-state index contributed by atoms with van der Waals surface area (Å²) >= 11 is 0.240. The highest BCUT2D eigenvalue weighted by Crippen LogP contribution is 2.44. The average molecular weight is 386 g/mol. The van der Waals surface area contributed by atoms with Crippen molar-refractivity contribution in [2.24, 2.45) is 0 Å². The van der Waals surface area contributed by atoms with Crippen molar-refractivity contribution < 1.29 is 30.7 Å². The Bertz CT molecular complexity index is 745. The van der Waals surface area contributed by atoms with Crippen LogP contribution in [0.1, 0.15) is 24.3 Å². The molecule has 0 saturated heterocycles. The Hall–Kier alpha value is -1.84. The number of nitrogens with zero attached hydrogens (tertiary/aromatic N) is 2. The van der Waals surface area contributed by atoms with Crippen LogP contribution in [-0.2, 0) is 12.4 Å². The average Bonchev–Trinajstić information content (AvgIpc) is 2.98. The number of thiazole rings is 1. The van der Waals surface area contributed by atoms with Crippen LogP contribution in [0.5, 0.6) is 0 Å². The largest absolute Gasteiger partial charge is 0.427 e. The molecule has 0 atom stereocenters. The molecule has 0 aliphatic carbocycles. The third-order valence-electron chi connectivity index (χ3n) is 3.55. The van der Waals surface area contributed by atoms with Crippen LogP contribution in [0.25, 0.3) is 11.3 Å². The van der Waals surface area contributed by atoms with Gasteiger partial charge in [0.25, 0.3) is 0 Å². The summed E-state index contributed by atoms with van der Waals surface area (Å²) < 4.78 is 93.5. The van der Waals surface area contributed by atoms with E-state index in [-0.39, 0.29) is 24.4 Å². The quantitative estimate of drug-likeness (QED) is 0.615. The van der Waals surface area contributed by atoms with E-state index in [1.54, 1.807) is 13.8 Å². The van der Waals surface area contributed by atoms with E-state index in [4.69, 9.17) is 0 Å². The first-order chi connectivity index (χ1) is 11.5. The summed E-state index contributed by atoms with van der Waals surface area (Å²) in [6, 6.07) is 1.17. The maximum absolute atomic E-state index is 14.4. The molecule has 0 aliphatic rings. The fourth-order valence-corrected chi connectivity index (χ4v) is 3.15. The predicted molar refractivity (Wildman–Crippen MR) is 81.1 cm³/mol. The molecule has 138 valence electrons. The van der Waals surface area contributed by atoms with E-state index < -0.39 is 45.6 Å². The normalized spacial score (nSPS) is 12.5. The Morgan fingerprint density at radius 3 is 2.08 bits per heavy atom. The molecule has 1 heterocycles. The van der Waals surface area contributed by atoms with Gasteiger partial charge in [-0.05, 0) is 26.0 Å². The summed E-state index contributed by atoms with van der Waals surface area (Å²) in [5.41, 5.74) is -2.42. The number of rotatable bonds is 4. The van der Waals surface area contributed by atoms with E-state index in [1.165, 1.54) is 0 Å². The van der Waals surface area contributed by atoms with Crippen LogP contribution in [0.4, 0.5) is 36.4 Å². The number of hydrogen-bond donors (Lipinski definition) is 0. The van der Waals surface area contributed by atoms with Gasteiger partial charge in [0.05, 0.1) is 22.5 Å². The lowest BCUT2D eigenvalue weighted by atomic mass is 10.0. The van der Waals surface area contributed by atoms with Crippen molar-refractivity contribution in [2.45, 2.75) is 26.2 Å². The lowest BCUT2D eigenvalue weighted by Crippen LogP contribution is -2.26. The molecule has 0 amide bonds. The minimum absolute atomic E-state index is 0.111. The van der Waals surface area contributed by atoms with Gasteiger partial charge in [-0.1, -0.05) is 0 Å². The number of benzene rings is 1. The van der Waals surface area contributed by atoms with Crippen molar-refractivity contribution in [2.75, 3.05) is 18.0 Å². The highest BCUT2D eigenvalue weighted by Gasteiger charge is 2.39. The summed E-state index contributed by atoms with van der Waals surface area (Å²) in [5.74, 6) is -1.24. The first-order valence-corrected chi connectivity index (χ1v) is 8.05. The van der Waals surface area contributed by atoms with Crippen LogP contribution in [0.2, 0.25) is 0 Å². The number of halogens is 7. The first-order valence-electron chi connectivity index (χ1n) is 7.17. The molecular weight excluding hydrogens is 373 g/mol. The lowest BCUT2D eigenvalue weighted by molar-refractivity contribution is -0.137. The summed E-state index contributed by atoms with van der Waals surface area (Å²) in [6.45, 7) is 3.33. The molecule has 1 aromatic carbocycles. The number of anilines is 1. The van der Waals surface area contributed by atoms with Crippen LogP contribution < -0.4 is 4.90 Å². The molecule has 25 heavy (non-hydrogen) atoms. The smallest absolute Gasteiger partial charge is 0.369 e. The maximum atomic E-state index is 14.4. The van der Waals surface area contributed by atoms with Crippen molar-refractivity contribution in [1.82, 2.24) is 4.98 Å². The minimum atomic E-state index is -4.93. The second kappa shape index (κ2) is 6.81. The van der Waals surface area contributed by atoms with E-state index in [2.05, 4.69) is 4.98 Å². The summed E-state index contributed by atoms with van der Waals surface area (Å²) in [6.07, 6.45) is -9.72. The number of hydrogen-bond acceptors (Lipinski definition) is 3. The van der Waals surface area contributed by atoms with E-state index >= 15 is 0 Å². The Labute approximate surface area is 142 Å². The SMILES string of the molecule is CCN(CC)c1c(F)cc(-c2ncsc2C(F)(F)F)cc1C(F)(F)F. The fraction of sp³-hybridized carbons (Fsp3) is 0.400. The Kier molecular flexibility index (Phi) is 5.31. The molecule has 0 bridgehead atoms. The van der Waals surface area contributed by atoms with Crippen molar-refractivity contribution in [3.63, 3.8) is 0 Å². The molecule has 2 aromatic rings. The molecule has 0 radical (unpaired) electrons.